The summed E-state index contributed by atoms with van der Waals surface area (Å²) < 4.78 is 0. The number of carbonyl (C=O) groups excluding carboxylic acids is 1. The van der Waals surface area contributed by atoms with Crippen LogP contribution in [-0.4, -0.2) is 95.2 Å². The van der Waals surface area contributed by atoms with Gasteiger partial charge in [-0.05, 0) is 51.5 Å². The minimum atomic E-state index is -0.348. The van der Waals surface area contributed by atoms with Crippen molar-refractivity contribution in [2.45, 2.75) is 170 Å². The summed E-state index contributed by atoms with van der Waals surface area (Å²) in [6.45, 7) is 8.24. The third-order valence-corrected chi connectivity index (χ3v) is 11.9. The molecule has 6 heterocycles. The van der Waals surface area contributed by atoms with Gasteiger partial charge in [-0.15, -0.1) is 11.6 Å². The van der Waals surface area contributed by atoms with Gasteiger partial charge < -0.3 is 22.1 Å². The molecule has 0 aliphatic carbocycles. The van der Waals surface area contributed by atoms with Gasteiger partial charge in [0.1, 0.15) is 0 Å². The molecule has 6 saturated heterocycles. The van der Waals surface area contributed by atoms with E-state index in [1.807, 2.05) is 0 Å². The van der Waals surface area contributed by atoms with Gasteiger partial charge in [-0.25, -0.2) is 0 Å². The van der Waals surface area contributed by atoms with E-state index in [-0.39, 0.29) is 53.1 Å². The number of amides is 1. The molecule has 9 heteroatoms. The molecular weight excluding hydrogens is 546 g/mol. The van der Waals surface area contributed by atoms with Crippen LogP contribution in [0.1, 0.15) is 117 Å². The molecular formula is C33H62ClN7O. The number of piperidine rings is 3. The van der Waals surface area contributed by atoms with Gasteiger partial charge in [-0.1, -0.05) is 71.6 Å². The summed E-state index contributed by atoms with van der Waals surface area (Å²) in [5.41, 5.74) is 13.4. The van der Waals surface area contributed by atoms with Crippen molar-refractivity contribution in [1.82, 2.24) is 25.8 Å². The number of nitrogens with one attached hydrogen (secondary N) is 3. The Bertz CT molecular complexity index is 864. The first-order chi connectivity index (χ1) is 20.4. The van der Waals surface area contributed by atoms with E-state index in [4.69, 9.17) is 23.1 Å². The summed E-state index contributed by atoms with van der Waals surface area (Å²) in [5.74, 6) is -0.143. The van der Waals surface area contributed by atoms with Crippen molar-refractivity contribution in [2.24, 2.45) is 17.4 Å². The minimum Gasteiger partial charge on any atom is -0.350 e. The largest absolute Gasteiger partial charge is 0.350 e. The summed E-state index contributed by atoms with van der Waals surface area (Å²) in [7, 11) is 0. The second kappa shape index (κ2) is 15.2. The van der Waals surface area contributed by atoms with Crippen molar-refractivity contribution in [3.8, 4) is 0 Å². The Labute approximate surface area is 261 Å². The normalized spacial score (nSPS) is 42.0. The molecule has 7 N–H and O–H groups in total. The molecule has 242 valence electrons. The highest BCUT2D eigenvalue weighted by Crippen LogP contribution is 2.52. The van der Waals surface area contributed by atoms with Crippen molar-refractivity contribution < 1.29 is 4.79 Å². The smallest absolute Gasteiger partial charge is 0.227 e. The van der Waals surface area contributed by atoms with Crippen LogP contribution in [0.3, 0.4) is 0 Å². The number of hydrogen-bond donors (Lipinski definition) is 5. The maximum Gasteiger partial charge on any atom is 0.227 e. The lowest BCUT2D eigenvalue weighted by atomic mass is 9.65. The van der Waals surface area contributed by atoms with E-state index in [0.717, 1.165) is 58.3 Å². The molecule has 11 atom stereocenters. The van der Waals surface area contributed by atoms with E-state index in [1.54, 1.807) is 0 Å². The number of alkyl halides is 1. The van der Waals surface area contributed by atoms with E-state index in [0.29, 0.717) is 12.1 Å². The molecule has 0 spiro atoms. The molecule has 0 aromatic carbocycles. The molecule has 0 aromatic heterocycles. The van der Waals surface area contributed by atoms with Gasteiger partial charge in [0.2, 0.25) is 5.91 Å². The fraction of sp³-hybridized carbons (Fsp3) is 0.970. The quantitative estimate of drug-likeness (QED) is 0.151. The van der Waals surface area contributed by atoms with Crippen LogP contribution in [0, 0.1) is 5.92 Å². The Morgan fingerprint density at radius 3 is 2.52 bits per heavy atom. The zero-order valence-electron chi connectivity index (χ0n) is 26.7. The van der Waals surface area contributed by atoms with E-state index in [9.17, 15) is 4.79 Å². The van der Waals surface area contributed by atoms with Crippen LogP contribution in [0.15, 0.2) is 0 Å². The summed E-state index contributed by atoms with van der Waals surface area (Å²) >= 11 is 6.80. The average Bonchev–Trinajstić information content (AvgIpc) is 3.11. The molecule has 11 unspecified atom stereocenters. The van der Waals surface area contributed by atoms with Gasteiger partial charge in [-0.3, -0.25) is 19.9 Å². The second-order valence-electron chi connectivity index (χ2n) is 14.6. The molecule has 0 saturated carbocycles. The van der Waals surface area contributed by atoms with E-state index >= 15 is 0 Å². The number of halogens is 1. The van der Waals surface area contributed by atoms with E-state index in [1.165, 1.54) is 70.6 Å². The molecule has 6 aliphatic heterocycles. The maximum atomic E-state index is 14.2. The molecule has 0 aromatic rings. The molecule has 6 fully saturated rings. The average molecular weight is 608 g/mol. The molecule has 4 bridgehead atoms. The van der Waals surface area contributed by atoms with Crippen molar-refractivity contribution in [2.75, 3.05) is 26.2 Å². The number of hydrogen-bond acceptors (Lipinski definition) is 7. The molecule has 42 heavy (non-hydrogen) atoms. The third kappa shape index (κ3) is 7.32. The summed E-state index contributed by atoms with van der Waals surface area (Å²) in [4.78, 5) is 19.4. The Balaban J connectivity index is 1.25. The molecule has 6 aliphatic rings. The van der Waals surface area contributed by atoms with Crippen molar-refractivity contribution in [3.63, 3.8) is 0 Å². The van der Waals surface area contributed by atoms with Crippen molar-refractivity contribution in [3.05, 3.63) is 0 Å². The van der Waals surface area contributed by atoms with Gasteiger partial charge in [0.05, 0.1) is 18.1 Å². The van der Waals surface area contributed by atoms with Gasteiger partial charge in [0, 0.05) is 60.8 Å². The topological polar surface area (TPSA) is 112 Å². The van der Waals surface area contributed by atoms with Gasteiger partial charge in [-0.2, -0.15) is 0 Å². The van der Waals surface area contributed by atoms with Crippen LogP contribution in [0.25, 0.3) is 0 Å². The number of likely N-dealkylation sites (tertiary alicyclic amines) is 1. The number of fused-ring (bicyclic) bond motifs is 2. The standard InChI is InChI=1S/C33H62ClN7O/c1-3-5-7-9-10-14-25-18-27(40-16-12-13-24(35)22-40)26(20-37-25)38-32(42)30-28-19-33(15-11-8-6-4-2)29(39-31(30)36)17-23(34)21-41(28)33/h23-31,37,39H,3-22,35-36H2,1-2H3,(H,38,42). The lowest BCUT2D eigenvalue weighted by Gasteiger charge is -2.64. The van der Waals surface area contributed by atoms with Crippen LogP contribution in [0.2, 0.25) is 0 Å². The zero-order valence-corrected chi connectivity index (χ0v) is 27.4. The van der Waals surface area contributed by atoms with Crippen LogP contribution >= 0.6 is 11.6 Å². The Morgan fingerprint density at radius 1 is 1.00 bits per heavy atom. The summed E-state index contributed by atoms with van der Waals surface area (Å²) in [6, 6.07) is 1.56. The fourth-order valence-corrected chi connectivity index (χ4v) is 9.65. The highest BCUT2D eigenvalue weighted by molar-refractivity contribution is 6.20. The van der Waals surface area contributed by atoms with Crippen molar-refractivity contribution >= 4 is 17.5 Å². The summed E-state index contributed by atoms with van der Waals surface area (Å²) in [5, 5.41) is 11.3. The predicted octanol–water partition coefficient (Wildman–Crippen LogP) is 3.65. The monoisotopic (exact) mass is 607 g/mol. The molecule has 0 radical (unpaired) electrons. The van der Waals surface area contributed by atoms with Crippen LogP contribution in [0.5, 0.6) is 0 Å². The first-order valence-corrected chi connectivity index (χ1v) is 18.3. The van der Waals surface area contributed by atoms with E-state index < -0.39 is 0 Å². The molecule has 8 nitrogen and oxygen atoms in total. The van der Waals surface area contributed by atoms with Gasteiger partial charge >= 0.3 is 0 Å². The fourth-order valence-electron chi connectivity index (χ4n) is 9.32. The van der Waals surface area contributed by atoms with Crippen molar-refractivity contribution in [1.29, 1.82) is 0 Å². The second-order valence-corrected chi connectivity index (χ2v) is 15.2. The maximum absolute atomic E-state index is 14.2. The first kappa shape index (κ1) is 32.9. The zero-order chi connectivity index (χ0) is 29.7. The Kier molecular flexibility index (Phi) is 11.9. The Hall–Kier alpha value is -0.480. The number of nitrogens with two attached hydrogens (primary N) is 2. The van der Waals surface area contributed by atoms with Crippen LogP contribution < -0.4 is 27.4 Å². The third-order valence-electron chi connectivity index (χ3n) is 11.6. The highest BCUT2D eigenvalue weighted by atomic mass is 35.5. The number of nitrogens with zero attached hydrogens (tertiary/aromatic N) is 2. The van der Waals surface area contributed by atoms with Gasteiger partial charge in [0.25, 0.3) is 0 Å². The van der Waals surface area contributed by atoms with Crippen LogP contribution in [0.4, 0.5) is 0 Å². The van der Waals surface area contributed by atoms with E-state index in [2.05, 4.69) is 39.6 Å². The van der Waals surface area contributed by atoms with Gasteiger partial charge in [0.15, 0.2) is 0 Å². The summed E-state index contributed by atoms with van der Waals surface area (Å²) in [6.07, 6.45) is 19.0. The Morgan fingerprint density at radius 2 is 1.76 bits per heavy atom. The number of rotatable bonds is 14. The lowest BCUT2D eigenvalue weighted by Crippen LogP contribution is -2.76. The highest BCUT2D eigenvalue weighted by Gasteiger charge is 2.64. The lowest BCUT2D eigenvalue weighted by molar-refractivity contribution is -0.146. The SMILES string of the molecule is CCCCCCCC1CC(N2CCCC(N)C2)C(NC(=O)C2C(N)NC3CC(Cl)CN4C2CC34CCCCCC)CN1. The number of unbranched alkanes of at least 4 members (excludes halogenated alkanes) is 7. The molecule has 6 rings (SSSR count). The predicted molar refractivity (Wildman–Crippen MR) is 174 cm³/mol. The van der Waals surface area contributed by atoms with Crippen LogP contribution in [-0.2, 0) is 4.79 Å². The number of carbonyl (C=O) groups is 1. The molecule has 1 amide bonds. The minimum absolute atomic E-state index is 0.0728. The first-order valence-electron chi connectivity index (χ1n) is 17.8.